The van der Waals surface area contributed by atoms with Crippen molar-refractivity contribution < 1.29 is 9.47 Å². The quantitative estimate of drug-likeness (QED) is 0.785. The van der Waals surface area contributed by atoms with Crippen LogP contribution in [0.25, 0.3) is 5.65 Å². The standard InChI is InChI=1S/C17H19N3O2/c1-21-15-5-3-12(8-16(15)22-2)7-14-11-20-10-13(9-18)4-6-17(20)19-14/h3-6,8,10-11H,7,9,18H2,1-2H3. The molecular formula is C17H19N3O2. The van der Waals surface area contributed by atoms with Crippen molar-refractivity contribution in [1.29, 1.82) is 0 Å². The molecule has 0 aliphatic rings. The second kappa shape index (κ2) is 6.07. The van der Waals surface area contributed by atoms with E-state index in [1.807, 2.05) is 47.1 Å². The SMILES string of the molecule is COc1ccc(Cc2cn3cc(CN)ccc3n2)cc1OC. The van der Waals surface area contributed by atoms with E-state index in [1.54, 1.807) is 14.2 Å². The van der Waals surface area contributed by atoms with Crippen LogP contribution < -0.4 is 15.2 Å². The first-order valence-corrected chi connectivity index (χ1v) is 7.11. The molecule has 114 valence electrons. The minimum Gasteiger partial charge on any atom is -0.493 e. The van der Waals surface area contributed by atoms with E-state index in [9.17, 15) is 0 Å². The van der Waals surface area contributed by atoms with E-state index >= 15 is 0 Å². The maximum atomic E-state index is 5.67. The van der Waals surface area contributed by atoms with Crippen LogP contribution in [0.3, 0.4) is 0 Å². The van der Waals surface area contributed by atoms with Crippen LogP contribution in [0.15, 0.2) is 42.7 Å². The minimum atomic E-state index is 0.527. The van der Waals surface area contributed by atoms with Gasteiger partial charge in [-0.2, -0.15) is 0 Å². The molecule has 1 aromatic carbocycles. The van der Waals surface area contributed by atoms with Gasteiger partial charge in [0.15, 0.2) is 11.5 Å². The van der Waals surface area contributed by atoms with Crippen LogP contribution in [0, 0.1) is 0 Å². The van der Waals surface area contributed by atoms with Crippen LogP contribution in [-0.4, -0.2) is 23.6 Å². The predicted octanol–water partition coefficient (Wildman–Crippen LogP) is 2.40. The molecule has 5 heteroatoms. The lowest BCUT2D eigenvalue weighted by molar-refractivity contribution is 0.354. The van der Waals surface area contributed by atoms with Crippen LogP contribution in [0.4, 0.5) is 0 Å². The maximum Gasteiger partial charge on any atom is 0.160 e. The molecule has 0 amide bonds. The third-order valence-electron chi connectivity index (χ3n) is 3.63. The highest BCUT2D eigenvalue weighted by atomic mass is 16.5. The maximum absolute atomic E-state index is 5.67. The molecule has 0 fully saturated rings. The van der Waals surface area contributed by atoms with Gasteiger partial charge in [0.05, 0.1) is 19.9 Å². The average molecular weight is 297 g/mol. The van der Waals surface area contributed by atoms with Gasteiger partial charge in [0.2, 0.25) is 0 Å². The molecule has 0 bridgehead atoms. The van der Waals surface area contributed by atoms with Crippen molar-refractivity contribution in [3.8, 4) is 11.5 Å². The fraction of sp³-hybridized carbons (Fsp3) is 0.235. The third kappa shape index (κ3) is 2.76. The fourth-order valence-corrected chi connectivity index (χ4v) is 2.50. The summed E-state index contributed by atoms with van der Waals surface area (Å²) in [6.07, 6.45) is 4.78. The predicted molar refractivity (Wildman–Crippen MR) is 85.4 cm³/mol. The highest BCUT2D eigenvalue weighted by Gasteiger charge is 2.07. The molecule has 2 heterocycles. The number of imidazole rings is 1. The van der Waals surface area contributed by atoms with E-state index in [0.717, 1.165) is 40.4 Å². The van der Waals surface area contributed by atoms with Gasteiger partial charge in [0.1, 0.15) is 5.65 Å². The third-order valence-corrected chi connectivity index (χ3v) is 3.63. The number of aromatic nitrogens is 2. The van der Waals surface area contributed by atoms with Crippen molar-refractivity contribution in [2.75, 3.05) is 14.2 Å². The smallest absolute Gasteiger partial charge is 0.160 e. The Bertz CT molecular complexity index is 796. The summed E-state index contributed by atoms with van der Waals surface area (Å²) in [5, 5.41) is 0. The first-order chi connectivity index (χ1) is 10.7. The molecule has 0 unspecified atom stereocenters. The molecule has 0 aliphatic heterocycles. The summed E-state index contributed by atoms with van der Waals surface area (Å²) < 4.78 is 12.6. The number of rotatable bonds is 5. The number of pyridine rings is 1. The lowest BCUT2D eigenvalue weighted by atomic mass is 10.1. The first kappa shape index (κ1) is 14.4. The van der Waals surface area contributed by atoms with Crippen LogP contribution in [0.5, 0.6) is 11.5 Å². The number of hydrogen-bond acceptors (Lipinski definition) is 4. The number of methoxy groups -OCH3 is 2. The average Bonchev–Trinajstić information content (AvgIpc) is 2.95. The molecule has 3 aromatic rings. The van der Waals surface area contributed by atoms with E-state index in [4.69, 9.17) is 15.2 Å². The number of benzene rings is 1. The van der Waals surface area contributed by atoms with Gasteiger partial charge in [-0.1, -0.05) is 12.1 Å². The monoisotopic (exact) mass is 297 g/mol. The number of fused-ring (bicyclic) bond motifs is 1. The van der Waals surface area contributed by atoms with E-state index in [-0.39, 0.29) is 0 Å². The number of ether oxygens (including phenoxy) is 2. The molecule has 0 spiro atoms. The van der Waals surface area contributed by atoms with Crippen molar-refractivity contribution in [3.05, 3.63) is 59.5 Å². The van der Waals surface area contributed by atoms with Crippen molar-refractivity contribution >= 4 is 5.65 Å². The Balaban J connectivity index is 1.89. The topological polar surface area (TPSA) is 61.8 Å². The molecule has 3 rings (SSSR count). The van der Waals surface area contributed by atoms with Gasteiger partial charge in [-0.3, -0.25) is 0 Å². The molecule has 5 nitrogen and oxygen atoms in total. The minimum absolute atomic E-state index is 0.527. The van der Waals surface area contributed by atoms with Gasteiger partial charge in [-0.15, -0.1) is 0 Å². The van der Waals surface area contributed by atoms with Gasteiger partial charge >= 0.3 is 0 Å². The summed E-state index contributed by atoms with van der Waals surface area (Å²) >= 11 is 0. The fourth-order valence-electron chi connectivity index (χ4n) is 2.50. The summed E-state index contributed by atoms with van der Waals surface area (Å²) in [5.74, 6) is 1.46. The number of nitrogens with zero attached hydrogens (tertiary/aromatic N) is 2. The molecule has 2 N–H and O–H groups in total. The largest absolute Gasteiger partial charge is 0.493 e. The second-order valence-electron chi connectivity index (χ2n) is 5.11. The zero-order valence-electron chi connectivity index (χ0n) is 12.7. The molecule has 0 saturated carbocycles. The molecule has 0 atom stereocenters. The highest BCUT2D eigenvalue weighted by Crippen LogP contribution is 2.28. The molecule has 0 aliphatic carbocycles. The van der Waals surface area contributed by atoms with Crippen LogP contribution in [0.2, 0.25) is 0 Å². The summed E-state index contributed by atoms with van der Waals surface area (Å²) in [4.78, 5) is 4.63. The molecule has 2 aromatic heterocycles. The van der Waals surface area contributed by atoms with Gasteiger partial charge in [0.25, 0.3) is 0 Å². The Labute approximate surface area is 129 Å². The molecule has 22 heavy (non-hydrogen) atoms. The number of hydrogen-bond donors (Lipinski definition) is 1. The van der Waals surface area contributed by atoms with Crippen LogP contribution in [-0.2, 0) is 13.0 Å². The van der Waals surface area contributed by atoms with E-state index in [2.05, 4.69) is 4.98 Å². The van der Waals surface area contributed by atoms with Gasteiger partial charge < -0.3 is 19.6 Å². The van der Waals surface area contributed by atoms with E-state index in [0.29, 0.717) is 6.54 Å². The van der Waals surface area contributed by atoms with Gasteiger partial charge in [-0.25, -0.2) is 4.98 Å². The second-order valence-corrected chi connectivity index (χ2v) is 5.11. The lowest BCUT2D eigenvalue weighted by Gasteiger charge is -2.08. The number of nitrogens with two attached hydrogens (primary N) is 1. The van der Waals surface area contributed by atoms with Crippen molar-refractivity contribution in [2.45, 2.75) is 13.0 Å². The Kier molecular flexibility index (Phi) is 3.98. The van der Waals surface area contributed by atoms with E-state index in [1.165, 1.54) is 0 Å². The van der Waals surface area contributed by atoms with Crippen LogP contribution in [0.1, 0.15) is 16.8 Å². The zero-order chi connectivity index (χ0) is 15.5. The summed E-state index contributed by atoms with van der Waals surface area (Å²) in [6.45, 7) is 0.527. The Morgan fingerprint density at radius 1 is 1.00 bits per heavy atom. The first-order valence-electron chi connectivity index (χ1n) is 7.11. The summed E-state index contributed by atoms with van der Waals surface area (Å²) in [5.41, 5.74) is 9.81. The normalized spacial score (nSPS) is 10.9. The molecule has 0 radical (unpaired) electrons. The Hall–Kier alpha value is -2.53. The van der Waals surface area contributed by atoms with Crippen LogP contribution >= 0.6 is 0 Å². The summed E-state index contributed by atoms with van der Waals surface area (Å²) in [7, 11) is 3.27. The lowest BCUT2D eigenvalue weighted by Crippen LogP contribution is -1.97. The van der Waals surface area contributed by atoms with Crippen molar-refractivity contribution in [2.24, 2.45) is 5.73 Å². The Morgan fingerprint density at radius 2 is 1.77 bits per heavy atom. The van der Waals surface area contributed by atoms with Crippen molar-refractivity contribution in [1.82, 2.24) is 9.38 Å². The summed E-state index contributed by atoms with van der Waals surface area (Å²) in [6, 6.07) is 9.91. The van der Waals surface area contributed by atoms with Gasteiger partial charge in [0, 0.05) is 25.4 Å². The van der Waals surface area contributed by atoms with Crippen molar-refractivity contribution in [3.63, 3.8) is 0 Å². The van der Waals surface area contributed by atoms with Gasteiger partial charge in [-0.05, 0) is 29.3 Å². The highest BCUT2D eigenvalue weighted by molar-refractivity contribution is 5.45. The molecule has 0 saturated heterocycles. The Morgan fingerprint density at radius 3 is 2.50 bits per heavy atom. The van der Waals surface area contributed by atoms with E-state index < -0.39 is 0 Å². The zero-order valence-corrected chi connectivity index (χ0v) is 12.7. The molecular weight excluding hydrogens is 278 g/mol.